The summed E-state index contributed by atoms with van der Waals surface area (Å²) in [7, 11) is 0. The van der Waals surface area contributed by atoms with E-state index in [1.807, 2.05) is 0 Å². The first kappa shape index (κ1) is 25.8. The molecule has 7 nitrogen and oxygen atoms in total. The smallest absolute Gasteiger partial charge is 0.452 e. The number of nitrogens with zero attached hydrogens (tertiary/aromatic N) is 3. The Morgan fingerprint density at radius 2 is 1.83 bits per heavy atom. The number of rotatable bonds is 5. The predicted octanol–water partition coefficient (Wildman–Crippen LogP) is 5.99. The lowest BCUT2D eigenvalue weighted by Gasteiger charge is -2.24. The van der Waals surface area contributed by atoms with Crippen molar-refractivity contribution in [1.82, 2.24) is 14.8 Å². The van der Waals surface area contributed by atoms with Gasteiger partial charge in [0.15, 0.2) is 5.82 Å². The first-order valence-corrected chi connectivity index (χ1v) is 10.7. The summed E-state index contributed by atoms with van der Waals surface area (Å²) in [5.74, 6) is -3.38. The number of alkyl halides is 6. The summed E-state index contributed by atoms with van der Waals surface area (Å²) in [6.45, 7) is 1.87. The zero-order chi connectivity index (χ0) is 26.4. The second-order valence-electron chi connectivity index (χ2n) is 7.68. The Morgan fingerprint density at radius 1 is 1.11 bits per heavy atom. The fourth-order valence-electron chi connectivity index (χ4n) is 3.90. The number of carboxylic acids is 1. The molecule has 0 fully saturated rings. The molecule has 2 heterocycles. The van der Waals surface area contributed by atoms with Crippen molar-refractivity contribution in [2.45, 2.75) is 37.9 Å². The number of hydrogen-bond donors (Lipinski definition) is 1. The van der Waals surface area contributed by atoms with Gasteiger partial charge in [0.25, 0.3) is 0 Å². The number of aromatic nitrogens is 3. The summed E-state index contributed by atoms with van der Waals surface area (Å²) in [5.41, 5.74) is -1.82. The van der Waals surface area contributed by atoms with Gasteiger partial charge in [0.2, 0.25) is 5.82 Å². The van der Waals surface area contributed by atoms with Crippen LogP contribution in [-0.2, 0) is 21.9 Å². The van der Waals surface area contributed by atoms with Crippen molar-refractivity contribution in [2.24, 2.45) is 0 Å². The molecule has 0 bridgehead atoms. The number of fused-ring (bicyclic) bond motifs is 3. The molecule has 1 N–H and O–H groups in total. The maximum atomic E-state index is 13.8. The van der Waals surface area contributed by atoms with E-state index in [2.05, 4.69) is 10.2 Å². The van der Waals surface area contributed by atoms with Crippen molar-refractivity contribution < 1.29 is 45.7 Å². The molecule has 2 aromatic carbocycles. The summed E-state index contributed by atoms with van der Waals surface area (Å²) in [6.07, 6.45) is -13.9. The highest BCUT2D eigenvalue weighted by molar-refractivity contribution is 6.32. The molecular formula is C22H16ClF6N3O4. The van der Waals surface area contributed by atoms with E-state index >= 15 is 0 Å². The number of halogens is 7. The Labute approximate surface area is 204 Å². The molecule has 192 valence electrons. The lowest BCUT2D eigenvalue weighted by atomic mass is 9.97. The average molecular weight is 536 g/mol. The van der Waals surface area contributed by atoms with E-state index in [0.29, 0.717) is 16.7 Å². The molecule has 1 aliphatic rings. The van der Waals surface area contributed by atoms with Crippen molar-refractivity contribution >= 4 is 17.6 Å². The third kappa shape index (κ3) is 4.72. The predicted molar refractivity (Wildman–Crippen MR) is 112 cm³/mol. The van der Waals surface area contributed by atoms with Gasteiger partial charge in [-0.2, -0.15) is 26.3 Å². The minimum Gasteiger partial charge on any atom is -0.492 e. The van der Waals surface area contributed by atoms with Gasteiger partial charge in [0.1, 0.15) is 18.0 Å². The first-order valence-electron chi connectivity index (χ1n) is 10.3. The zero-order valence-corrected chi connectivity index (χ0v) is 18.9. The fraction of sp³-hybridized carbons (Fsp3) is 0.318. The van der Waals surface area contributed by atoms with E-state index in [1.54, 1.807) is 6.92 Å². The highest BCUT2D eigenvalue weighted by atomic mass is 35.5. The SMILES string of the molecule is CCOc1cccc([C@H]2O[C@H](CC(=O)O)c3nnc(C(F)(F)F)n3-c3ccc(C(F)(F)F)cc32)c1Cl. The minimum absolute atomic E-state index is 0.0597. The van der Waals surface area contributed by atoms with Crippen molar-refractivity contribution in [3.05, 3.63) is 69.8 Å². The van der Waals surface area contributed by atoms with E-state index < -0.39 is 54.2 Å². The van der Waals surface area contributed by atoms with Crippen LogP contribution in [0.25, 0.3) is 5.69 Å². The highest BCUT2D eigenvalue weighted by Crippen LogP contribution is 2.47. The summed E-state index contributed by atoms with van der Waals surface area (Å²) in [4.78, 5) is 11.5. The largest absolute Gasteiger partial charge is 0.492 e. The van der Waals surface area contributed by atoms with Gasteiger partial charge >= 0.3 is 18.3 Å². The first-order chi connectivity index (χ1) is 16.8. The molecule has 3 aromatic rings. The van der Waals surface area contributed by atoms with Gasteiger partial charge in [-0.05, 0) is 31.2 Å². The van der Waals surface area contributed by atoms with Crippen molar-refractivity contribution in [2.75, 3.05) is 6.61 Å². The Balaban J connectivity index is 2.05. The Kier molecular flexibility index (Phi) is 6.64. The number of aliphatic carboxylic acids is 1. The molecule has 1 aliphatic heterocycles. The van der Waals surface area contributed by atoms with Crippen LogP contribution in [-0.4, -0.2) is 32.4 Å². The van der Waals surface area contributed by atoms with Crippen LogP contribution in [0.3, 0.4) is 0 Å². The van der Waals surface area contributed by atoms with Crippen LogP contribution in [0, 0.1) is 0 Å². The third-order valence-corrected chi connectivity index (χ3v) is 5.75. The van der Waals surface area contributed by atoms with E-state index in [0.717, 1.165) is 6.07 Å². The van der Waals surface area contributed by atoms with E-state index in [4.69, 9.17) is 21.1 Å². The average Bonchev–Trinajstić information content (AvgIpc) is 3.18. The molecule has 14 heteroatoms. The second kappa shape index (κ2) is 9.28. The maximum absolute atomic E-state index is 13.8. The topological polar surface area (TPSA) is 86.5 Å². The van der Waals surface area contributed by atoms with Crippen LogP contribution in [0.5, 0.6) is 5.75 Å². The molecule has 0 unspecified atom stereocenters. The second-order valence-corrected chi connectivity index (χ2v) is 8.06. The number of benzene rings is 2. The van der Waals surface area contributed by atoms with Crippen molar-refractivity contribution in [3.63, 3.8) is 0 Å². The van der Waals surface area contributed by atoms with Gasteiger partial charge in [-0.15, -0.1) is 10.2 Å². The summed E-state index contributed by atoms with van der Waals surface area (Å²) in [5, 5.41) is 16.0. The molecule has 1 aromatic heterocycles. The van der Waals surface area contributed by atoms with Crippen LogP contribution < -0.4 is 4.74 Å². The molecule has 2 atom stereocenters. The maximum Gasteiger partial charge on any atom is 0.452 e. The minimum atomic E-state index is -5.06. The molecule has 0 amide bonds. The molecule has 4 rings (SSSR count). The highest BCUT2D eigenvalue weighted by Gasteiger charge is 2.44. The van der Waals surface area contributed by atoms with Crippen molar-refractivity contribution in [3.8, 4) is 11.4 Å². The van der Waals surface area contributed by atoms with Crippen LogP contribution in [0.1, 0.15) is 53.9 Å². The summed E-state index contributed by atoms with van der Waals surface area (Å²) >= 11 is 6.45. The fourth-order valence-corrected chi connectivity index (χ4v) is 4.18. The molecule has 0 saturated heterocycles. The lowest BCUT2D eigenvalue weighted by Crippen LogP contribution is -2.17. The Bertz CT molecular complexity index is 1310. The molecule has 0 aliphatic carbocycles. The Hall–Kier alpha value is -3.32. The van der Waals surface area contributed by atoms with Gasteiger partial charge < -0.3 is 14.6 Å². The van der Waals surface area contributed by atoms with Crippen LogP contribution in [0.4, 0.5) is 26.3 Å². The van der Waals surface area contributed by atoms with Crippen LogP contribution >= 0.6 is 11.6 Å². The third-order valence-electron chi connectivity index (χ3n) is 5.34. The van der Waals surface area contributed by atoms with E-state index in [-0.39, 0.29) is 34.2 Å². The number of ether oxygens (including phenoxy) is 2. The van der Waals surface area contributed by atoms with Gasteiger partial charge in [-0.1, -0.05) is 23.7 Å². The van der Waals surface area contributed by atoms with Crippen molar-refractivity contribution in [1.29, 1.82) is 0 Å². The number of hydrogen-bond acceptors (Lipinski definition) is 5. The molecular weight excluding hydrogens is 520 g/mol. The summed E-state index contributed by atoms with van der Waals surface area (Å²) in [6, 6.07) is 6.44. The molecule has 0 saturated carbocycles. The van der Waals surface area contributed by atoms with Gasteiger partial charge in [0.05, 0.1) is 29.3 Å². The van der Waals surface area contributed by atoms with E-state index in [9.17, 15) is 36.2 Å². The van der Waals surface area contributed by atoms with Gasteiger partial charge in [-0.3, -0.25) is 9.36 Å². The van der Waals surface area contributed by atoms with E-state index in [1.165, 1.54) is 18.2 Å². The van der Waals surface area contributed by atoms with Gasteiger partial charge in [0, 0.05) is 11.1 Å². The monoisotopic (exact) mass is 535 g/mol. The van der Waals surface area contributed by atoms with Gasteiger partial charge in [-0.25, -0.2) is 0 Å². The van der Waals surface area contributed by atoms with Crippen LogP contribution in [0.15, 0.2) is 36.4 Å². The molecule has 0 radical (unpaired) electrons. The molecule has 36 heavy (non-hydrogen) atoms. The molecule has 0 spiro atoms. The number of carboxylic acid groups (broad SMARTS) is 1. The normalized spacial score (nSPS) is 17.8. The summed E-state index contributed by atoms with van der Waals surface area (Å²) < 4.78 is 94.1. The zero-order valence-electron chi connectivity index (χ0n) is 18.2. The standard InChI is InChI=1S/C22H16ClF6N3O4/c1-2-35-14-5-3-4-11(17(14)23)18-12-8-10(21(24,25)26)6-7-13(12)32-19(15(36-18)9-16(33)34)30-31-20(32)22(27,28)29/h3-8,15,18H,2,9H2,1H3,(H,33,34)/t15-,18-/m1/s1. The Morgan fingerprint density at radius 3 is 2.44 bits per heavy atom. The number of carbonyl (C=O) groups is 1. The lowest BCUT2D eigenvalue weighted by molar-refractivity contribution is -0.146. The quantitative estimate of drug-likeness (QED) is 0.404. The van der Waals surface area contributed by atoms with Crippen LogP contribution in [0.2, 0.25) is 5.02 Å².